The second-order valence-electron chi connectivity index (χ2n) is 4.36. The summed E-state index contributed by atoms with van der Waals surface area (Å²) in [6, 6.07) is 5.60. The van der Waals surface area contributed by atoms with Gasteiger partial charge in [-0.25, -0.2) is 4.79 Å². The zero-order valence-electron chi connectivity index (χ0n) is 10.5. The summed E-state index contributed by atoms with van der Waals surface area (Å²) in [7, 11) is 0. The first-order valence-corrected chi connectivity index (χ1v) is 6.30. The van der Waals surface area contributed by atoms with Gasteiger partial charge in [-0.1, -0.05) is 6.07 Å². The highest BCUT2D eigenvalue weighted by Crippen LogP contribution is 2.32. The molecule has 2 rings (SSSR count). The first-order valence-electron chi connectivity index (χ1n) is 6.30. The number of fused-ring (bicyclic) bond motifs is 1. The molecule has 1 aromatic carbocycles. The average Bonchev–Trinajstić information content (AvgIpc) is 2.37. The third-order valence-corrected chi connectivity index (χ3v) is 3.06. The van der Waals surface area contributed by atoms with Crippen LogP contribution in [-0.2, 0) is 16.0 Å². The van der Waals surface area contributed by atoms with Gasteiger partial charge in [0.2, 0.25) is 0 Å². The Morgan fingerprint density at radius 2 is 2.33 bits per heavy atom. The number of carbonyl (C=O) groups excluding carboxylic acids is 1. The predicted octanol–water partition coefficient (Wildman–Crippen LogP) is 2.00. The van der Waals surface area contributed by atoms with Crippen molar-refractivity contribution >= 4 is 5.97 Å². The molecule has 0 radical (unpaired) electrons. The Hall–Kier alpha value is -1.55. The quantitative estimate of drug-likeness (QED) is 0.830. The summed E-state index contributed by atoms with van der Waals surface area (Å²) < 4.78 is 10.1. The van der Waals surface area contributed by atoms with Crippen molar-refractivity contribution in [3.05, 3.63) is 29.3 Å². The summed E-state index contributed by atoms with van der Waals surface area (Å²) in [4.78, 5) is 11.2. The average molecular weight is 250 g/mol. The van der Waals surface area contributed by atoms with Gasteiger partial charge >= 0.3 is 5.97 Å². The van der Waals surface area contributed by atoms with Gasteiger partial charge in [-0.15, -0.1) is 0 Å². The third-order valence-electron chi connectivity index (χ3n) is 3.06. The Morgan fingerprint density at radius 1 is 1.50 bits per heavy atom. The third kappa shape index (κ3) is 3.01. The molecule has 0 aliphatic heterocycles. The predicted molar refractivity (Wildman–Crippen MR) is 66.5 cm³/mol. The van der Waals surface area contributed by atoms with Gasteiger partial charge in [-0.2, -0.15) is 0 Å². The fourth-order valence-corrected chi connectivity index (χ4v) is 2.19. The number of esters is 1. The largest absolute Gasteiger partial charge is 0.482 e. The first kappa shape index (κ1) is 12.9. The molecule has 0 bridgehead atoms. The van der Waals surface area contributed by atoms with Crippen molar-refractivity contribution in [3.63, 3.8) is 0 Å². The van der Waals surface area contributed by atoms with E-state index in [0.717, 1.165) is 30.4 Å². The molecule has 0 amide bonds. The molecule has 1 atom stereocenters. The van der Waals surface area contributed by atoms with Gasteiger partial charge in [-0.3, -0.25) is 0 Å². The molecule has 4 heteroatoms. The highest BCUT2D eigenvalue weighted by Gasteiger charge is 2.18. The van der Waals surface area contributed by atoms with Crippen molar-refractivity contribution < 1.29 is 19.4 Å². The second-order valence-corrected chi connectivity index (χ2v) is 4.36. The lowest BCUT2D eigenvalue weighted by molar-refractivity contribution is -0.145. The van der Waals surface area contributed by atoms with E-state index in [1.165, 1.54) is 0 Å². The maximum Gasteiger partial charge on any atom is 0.344 e. The van der Waals surface area contributed by atoms with Gasteiger partial charge in [0.1, 0.15) is 5.75 Å². The summed E-state index contributed by atoms with van der Waals surface area (Å²) in [6.07, 6.45) is 2.37. The van der Waals surface area contributed by atoms with E-state index in [0.29, 0.717) is 12.4 Å². The maximum absolute atomic E-state index is 11.2. The van der Waals surface area contributed by atoms with Crippen LogP contribution in [0.4, 0.5) is 0 Å². The van der Waals surface area contributed by atoms with Crippen molar-refractivity contribution in [1.82, 2.24) is 0 Å². The van der Waals surface area contributed by atoms with Crippen molar-refractivity contribution in [2.24, 2.45) is 0 Å². The summed E-state index contributed by atoms with van der Waals surface area (Å²) >= 11 is 0. The van der Waals surface area contributed by atoms with Crippen molar-refractivity contribution in [3.8, 4) is 5.75 Å². The molecule has 0 saturated carbocycles. The molecular formula is C14H18O4. The van der Waals surface area contributed by atoms with Crippen LogP contribution in [0.3, 0.4) is 0 Å². The Morgan fingerprint density at radius 3 is 3.11 bits per heavy atom. The summed E-state index contributed by atoms with van der Waals surface area (Å²) in [6.45, 7) is 2.01. The number of rotatable bonds is 4. The first-order chi connectivity index (χ1) is 8.70. The van der Waals surface area contributed by atoms with Gasteiger partial charge in [0, 0.05) is 0 Å². The fraction of sp³-hybridized carbons (Fsp3) is 0.500. The van der Waals surface area contributed by atoms with E-state index < -0.39 is 6.10 Å². The number of benzene rings is 1. The molecule has 0 fully saturated rings. The minimum absolute atomic E-state index is 0.0945. The van der Waals surface area contributed by atoms with Crippen LogP contribution in [0.2, 0.25) is 0 Å². The highest BCUT2D eigenvalue weighted by molar-refractivity contribution is 5.71. The SMILES string of the molecule is CCOC(=O)COc1ccc2c(c1)[C@H](O)CCC2. The standard InChI is InChI=1S/C14H18O4/c1-2-17-14(16)9-18-11-7-6-10-4-3-5-13(15)12(10)8-11/h6-8,13,15H,2-5,9H2,1H3/t13-/m1/s1. The van der Waals surface area contributed by atoms with Crippen molar-refractivity contribution in [2.45, 2.75) is 32.3 Å². The zero-order chi connectivity index (χ0) is 13.0. The Balaban J connectivity index is 2.02. The van der Waals surface area contributed by atoms with Crippen LogP contribution in [0.5, 0.6) is 5.75 Å². The van der Waals surface area contributed by atoms with Gasteiger partial charge in [-0.05, 0) is 49.4 Å². The van der Waals surface area contributed by atoms with Gasteiger partial charge < -0.3 is 14.6 Å². The minimum Gasteiger partial charge on any atom is -0.482 e. The summed E-state index contributed by atoms with van der Waals surface area (Å²) in [5.74, 6) is 0.221. The molecule has 0 aromatic heterocycles. The van der Waals surface area contributed by atoms with Crippen LogP contribution in [-0.4, -0.2) is 24.3 Å². The van der Waals surface area contributed by atoms with E-state index in [1.54, 1.807) is 6.92 Å². The van der Waals surface area contributed by atoms with Crippen LogP contribution in [0, 0.1) is 0 Å². The number of carbonyl (C=O) groups is 1. The maximum atomic E-state index is 11.2. The Labute approximate surface area is 107 Å². The molecule has 1 aliphatic carbocycles. The smallest absolute Gasteiger partial charge is 0.344 e. The normalized spacial score (nSPS) is 18.0. The van der Waals surface area contributed by atoms with E-state index in [-0.39, 0.29) is 12.6 Å². The molecule has 0 heterocycles. The van der Waals surface area contributed by atoms with Gasteiger partial charge in [0.15, 0.2) is 6.61 Å². The summed E-state index contributed by atoms with van der Waals surface area (Å²) in [5, 5.41) is 9.90. The Bertz CT molecular complexity index is 428. The molecule has 0 saturated heterocycles. The molecule has 1 aromatic rings. The molecule has 0 spiro atoms. The number of hydrogen-bond acceptors (Lipinski definition) is 4. The van der Waals surface area contributed by atoms with Gasteiger partial charge in [0.25, 0.3) is 0 Å². The minimum atomic E-state index is -0.417. The van der Waals surface area contributed by atoms with Crippen LogP contribution in [0.1, 0.15) is 37.0 Å². The molecule has 1 N–H and O–H groups in total. The fourth-order valence-electron chi connectivity index (χ4n) is 2.19. The monoisotopic (exact) mass is 250 g/mol. The van der Waals surface area contributed by atoms with Crippen molar-refractivity contribution in [2.75, 3.05) is 13.2 Å². The second kappa shape index (κ2) is 5.87. The molecule has 98 valence electrons. The van der Waals surface area contributed by atoms with Crippen LogP contribution < -0.4 is 4.74 Å². The Kier molecular flexibility index (Phi) is 4.20. The number of hydrogen-bond donors (Lipinski definition) is 1. The lowest BCUT2D eigenvalue weighted by atomic mass is 9.89. The number of ether oxygens (including phenoxy) is 2. The van der Waals surface area contributed by atoms with Crippen LogP contribution >= 0.6 is 0 Å². The number of aryl methyl sites for hydroxylation is 1. The van der Waals surface area contributed by atoms with E-state index in [9.17, 15) is 9.90 Å². The molecular weight excluding hydrogens is 232 g/mol. The van der Waals surface area contributed by atoms with Crippen LogP contribution in [0.15, 0.2) is 18.2 Å². The topological polar surface area (TPSA) is 55.8 Å². The molecule has 1 aliphatic rings. The van der Waals surface area contributed by atoms with E-state index in [4.69, 9.17) is 9.47 Å². The molecule has 4 nitrogen and oxygen atoms in total. The number of aliphatic hydroxyl groups excluding tert-OH is 1. The van der Waals surface area contributed by atoms with E-state index in [2.05, 4.69) is 0 Å². The lowest BCUT2D eigenvalue weighted by Gasteiger charge is -2.21. The number of aliphatic hydroxyl groups is 1. The highest BCUT2D eigenvalue weighted by atomic mass is 16.6. The van der Waals surface area contributed by atoms with Gasteiger partial charge in [0.05, 0.1) is 12.7 Å². The van der Waals surface area contributed by atoms with E-state index >= 15 is 0 Å². The lowest BCUT2D eigenvalue weighted by Crippen LogP contribution is -2.15. The van der Waals surface area contributed by atoms with Crippen molar-refractivity contribution in [1.29, 1.82) is 0 Å². The molecule has 18 heavy (non-hydrogen) atoms. The van der Waals surface area contributed by atoms with Crippen LogP contribution in [0.25, 0.3) is 0 Å². The summed E-state index contributed by atoms with van der Waals surface area (Å²) in [5.41, 5.74) is 2.08. The van der Waals surface area contributed by atoms with E-state index in [1.807, 2.05) is 18.2 Å². The molecule has 0 unspecified atom stereocenters. The zero-order valence-corrected chi connectivity index (χ0v) is 10.5.